The van der Waals surface area contributed by atoms with Gasteiger partial charge in [0.2, 0.25) is 23.6 Å². The van der Waals surface area contributed by atoms with E-state index >= 15 is 9.18 Å². The van der Waals surface area contributed by atoms with Crippen molar-refractivity contribution in [3.05, 3.63) is 106 Å². The molecule has 95 heavy (non-hydrogen) atoms. The number of β-amino-alcohol motifs (C(OH)–C–C–N with tert-alkyl or cyclic N) is 1. The zero-order chi connectivity index (χ0) is 67.5. The highest BCUT2D eigenvalue weighted by Gasteiger charge is 2.56. The number of halogens is 1. The van der Waals surface area contributed by atoms with Gasteiger partial charge in [0.25, 0.3) is 5.91 Å². The molecule has 1 saturated carbocycles. The van der Waals surface area contributed by atoms with Crippen LogP contribution in [0.5, 0.6) is 0 Å². The number of unbranched alkanes of at least 4 members (excludes halogenated alkanes) is 6. The van der Waals surface area contributed by atoms with Crippen molar-refractivity contribution in [2.45, 2.75) is 226 Å². The number of piperidine rings is 2. The molecule has 19 nitrogen and oxygen atoms in total. The Morgan fingerprint density at radius 2 is 1.51 bits per heavy atom. The second kappa shape index (κ2) is 29.7. The first-order valence-electron chi connectivity index (χ1n) is 34.9. The molecule has 4 atom stereocenters. The van der Waals surface area contributed by atoms with Crippen LogP contribution >= 0.6 is 11.3 Å². The Morgan fingerprint density at radius 1 is 0.811 bits per heavy atom. The fraction of sp³-hybridized carbons (Fsp3) is 0.568. The second-order valence-corrected chi connectivity index (χ2v) is 30.0. The molecule has 4 fully saturated rings. The van der Waals surface area contributed by atoms with Crippen LogP contribution in [0.4, 0.5) is 21.6 Å². The summed E-state index contributed by atoms with van der Waals surface area (Å²) >= 11 is 1.59. The first kappa shape index (κ1) is 69.2. The second-order valence-electron chi connectivity index (χ2n) is 29.1. The standard InChI is InChI=1S/C74H99FN12O7S/c1-45(2)78-69(90)56-40-60(58(75)35-47(56)5)81-68-65-61(76-43-86(65)46(3)4)41-59(80-68)52-26-27-57-62(36-52)87(54-37-53(38-54)83-30-18-16-19-31-83)72(93)74(57)28-32-84(33-29-74)64(89)21-17-14-12-11-13-15-20-34-94-82-67(73(8,9)10)71(92)85-42-55(88)39-63(85)70(91)79-48(6)50-22-24-51(25-23-50)66-49(7)77-44-95-66/h22-27,35-36,40-41,43-46,48,53-55,63,67,82,88H,11-21,28-34,37-39,42H2,1-10H3,(H,78,90)(H,79,91)(H,80,81)/t48-,53-,54+,55+,63-,67+/m0/s1. The largest absolute Gasteiger partial charge is 0.391 e. The fourth-order valence-electron chi connectivity index (χ4n) is 14.9. The number of fused-ring (bicyclic) bond motifs is 3. The van der Waals surface area contributed by atoms with Crippen molar-refractivity contribution in [2.24, 2.45) is 5.41 Å². The Kier molecular flexibility index (Phi) is 21.6. The summed E-state index contributed by atoms with van der Waals surface area (Å²) in [5.41, 5.74) is 12.3. The minimum atomic E-state index is -0.818. The minimum absolute atomic E-state index is 0.0162. The number of likely N-dealkylation sites (tertiary alicyclic amines) is 3. The third kappa shape index (κ3) is 15.2. The normalized spacial score (nSPS) is 20.4. The summed E-state index contributed by atoms with van der Waals surface area (Å²) in [4.78, 5) is 100. The van der Waals surface area contributed by atoms with E-state index in [1.807, 2.05) is 99.8 Å². The lowest BCUT2D eigenvalue weighted by Crippen LogP contribution is -2.58. The maximum Gasteiger partial charge on any atom is 0.251 e. The number of hydrogen-bond donors (Lipinski definition) is 5. The molecule has 1 spiro atoms. The van der Waals surface area contributed by atoms with E-state index in [1.54, 1.807) is 30.7 Å². The third-order valence-electron chi connectivity index (χ3n) is 20.5. The van der Waals surface area contributed by atoms with Gasteiger partial charge in [-0.15, -0.1) is 11.3 Å². The van der Waals surface area contributed by atoms with Crippen LogP contribution in [0.1, 0.15) is 203 Å². The van der Waals surface area contributed by atoms with E-state index in [4.69, 9.17) is 14.8 Å². The van der Waals surface area contributed by atoms with Crippen LogP contribution in [0.15, 0.2) is 72.5 Å². The number of hydrogen-bond acceptors (Lipinski definition) is 14. The Hall–Kier alpha value is -7.17. The first-order valence-corrected chi connectivity index (χ1v) is 35.8. The summed E-state index contributed by atoms with van der Waals surface area (Å²) in [6.07, 6.45) is 14.8. The van der Waals surface area contributed by atoms with E-state index in [2.05, 4.69) is 62.2 Å². The Bertz CT molecular complexity index is 3730. The number of rotatable bonds is 25. The van der Waals surface area contributed by atoms with Gasteiger partial charge in [-0.05, 0) is 165 Å². The van der Waals surface area contributed by atoms with Crippen molar-refractivity contribution in [1.29, 1.82) is 0 Å². The van der Waals surface area contributed by atoms with E-state index < -0.39 is 34.8 Å². The highest BCUT2D eigenvalue weighted by Crippen LogP contribution is 2.52. The van der Waals surface area contributed by atoms with Crippen molar-refractivity contribution in [3.8, 4) is 21.7 Å². The number of pyridine rings is 1. The maximum atomic E-state index is 16.0. The van der Waals surface area contributed by atoms with Crippen LogP contribution in [-0.2, 0) is 29.4 Å². The van der Waals surface area contributed by atoms with Crippen LogP contribution in [0.25, 0.3) is 32.7 Å². The van der Waals surface area contributed by atoms with Gasteiger partial charge in [0.1, 0.15) is 23.4 Å². The zero-order valence-corrected chi connectivity index (χ0v) is 58.2. The number of thiazole rings is 1. The van der Waals surface area contributed by atoms with Crippen molar-refractivity contribution < 1.29 is 38.3 Å². The summed E-state index contributed by atoms with van der Waals surface area (Å²) < 4.78 is 18.0. The van der Waals surface area contributed by atoms with Gasteiger partial charge >= 0.3 is 0 Å². The zero-order valence-electron chi connectivity index (χ0n) is 57.4. The van der Waals surface area contributed by atoms with E-state index in [0.29, 0.717) is 78.7 Å². The molecule has 21 heteroatoms. The van der Waals surface area contributed by atoms with Gasteiger partial charge < -0.3 is 50.1 Å². The molecule has 3 aromatic carbocycles. The Labute approximate surface area is 563 Å². The number of carbonyl (C=O) groups excluding carboxylic acids is 5. The van der Waals surface area contributed by atoms with Crippen LogP contribution in [-0.4, -0.2) is 145 Å². The third-order valence-corrected chi connectivity index (χ3v) is 21.4. The molecule has 7 heterocycles. The average Bonchev–Trinajstić information content (AvgIpc) is 1.56. The number of nitrogens with one attached hydrogen (secondary N) is 4. The van der Waals surface area contributed by atoms with Crippen LogP contribution in [0.2, 0.25) is 0 Å². The van der Waals surface area contributed by atoms with E-state index in [0.717, 1.165) is 109 Å². The molecule has 3 aromatic heterocycles. The number of amides is 5. The lowest BCUT2D eigenvalue weighted by Gasteiger charge is -2.48. The van der Waals surface area contributed by atoms with Crippen LogP contribution in [0.3, 0.4) is 0 Å². The topological polar surface area (TPSA) is 219 Å². The summed E-state index contributed by atoms with van der Waals surface area (Å²) in [5, 5.41) is 20.1. The fourth-order valence-corrected chi connectivity index (χ4v) is 15.7. The summed E-state index contributed by atoms with van der Waals surface area (Å²) in [6.45, 7) is 23.1. The van der Waals surface area contributed by atoms with E-state index in [1.165, 1.54) is 30.2 Å². The lowest BCUT2D eigenvalue weighted by atomic mass is 9.73. The molecular formula is C74H99FN12O7S. The number of carbonyl (C=O) groups is 5. The predicted molar refractivity (Wildman–Crippen MR) is 372 cm³/mol. The quantitative estimate of drug-likeness (QED) is 0.0266. The molecule has 3 saturated heterocycles. The van der Waals surface area contributed by atoms with Crippen molar-refractivity contribution in [1.82, 2.24) is 50.3 Å². The van der Waals surface area contributed by atoms with Gasteiger partial charge in [0.05, 0.1) is 63.5 Å². The van der Waals surface area contributed by atoms with Crippen LogP contribution in [0, 0.1) is 25.1 Å². The van der Waals surface area contributed by atoms with E-state index in [9.17, 15) is 24.3 Å². The molecule has 6 aromatic rings. The van der Waals surface area contributed by atoms with Gasteiger partial charge in [-0.25, -0.2) is 19.3 Å². The van der Waals surface area contributed by atoms with Crippen molar-refractivity contribution in [3.63, 3.8) is 0 Å². The van der Waals surface area contributed by atoms with Gasteiger partial charge in [0.15, 0.2) is 5.82 Å². The number of aryl methyl sites for hydroxylation is 2. The molecule has 5 N–H and O–H groups in total. The predicted octanol–water partition coefficient (Wildman–Crippen LogP) is 12.6. The minimum Gasteiger partial charge on any atom is -0.391 e. The number of benzene rings is 3. The number of aromatic nitrogens is 4. The molecule has 510 valence electrons. The molecule has 1 aliphatic carbocycles. The van der Waals surface area contributed by atoms with Gasteiger partial charge in [-0.2, -0.15) is 5.48 Å². The molecule has 0 unspecified atom stereocenters. The molecule has 5 amide bonds. The molecule has 0 bridgehead atoms. The number of hydroxylamine groups is 1. The molecule has 11 rings (SSSR count). The van der Waals surface area contributed by atoms with Crippen molar-refractivity contribution in [2.75, 3.05) is 49.5 Å². The highest BCUT2D eigenvalue weighted by molar-refractivity contribution is 7.13. The summed E-state index contributed by atoms with van der Waals surface area (Å²) in [7, 11) is 0. The molecular weight excluding hydrogens is 1220 g/mol. The molecule has 0 radical (unpaired) electrons. The van der Waals surface area contributed by atoms with Crippen LogP contribution < -0.4 is 26.3 Å². The smallest absolute Gasteiger partial charge is 0.251 e. The Morgan fingerprint density at radius 3 is 2.18 bits per heavy atom. The lowest BCUT2D eigenvalue weighted by molar-refractivity contribution is -0.147. The average molecular weight is 1320 g/mol. The number of anilines is 3. The monoisotopic (exact) mass is 1320 g/mol. The van der Waals surface area contributed by atoms with Gasteiger partial charge in [-0.3, -0.25) is 24.0 Å². The van der Waals surface area contributed by atoms with Gasteiger partial charge in [-0.1, -0.05) is 95.7 Å². The number of aliphatic hydroxyl groups is 1. The van der Waals surface area contributed by atoms with E-state index in [-0.39, 0.29) is 72.4 Å². The Balaban J connectivity index is 0.663. The molecule has 5 aliphatic rings. The molecule has 4 aliphatic heterocycles. The number of imidazole rings is 1. The maximum absolute atomic E-state index is 16.0. The summed E-state index contributed by atoms with van der Waals surface area (Å²) in [6, 6.07) is 17.7. The number of nitrogens with zero attached hydrogens (tertiary/aromatic N) is 8. The number of aliphatic hydroxyl groups excluding tert-OH is 1. The highest BCUT2D eigenvalue weighted by atomic mass is 32.1. The van der Waals surface area contributed by atoms with Crippen molar-refractivity contribution >= 4 is 69.1 Å². The first-order chi connectivity index (χ1) is 45.5. The summed E-state index contributed by atoms with van der Waals surface area (Å²) in [5.74, 6) is -0.729. The van der Waals surface area contributed by atoms with Gasteiger partial charge in [0, 0.05) is 73.5 Å². The SMILES string of the molecule is Cc1cc(F)c(Nc2nc(-c3ccc4c(c3)N([C@H]3C[C@@H](N5CCCCC5)C3)C(=O)C43CCN(C(=O)CCCCCCCCCON[C@H](C(=O)N4C[C@H](O)C[C@H]4C(=O)N[C@@H](C)c4ccc(-c5scnc5C)cc4)C(C)(C)C)CC3)cc3ncn(C(C)C)c23)cc1C(=O)NC(C)C.